The molecular formula is C11H12BrF3O3. The van der Waals surface area contributed by atoms with Crippen molar-refractivity contribution < 1.29 is 27.8 Å². The Balaban J connectivity index is 2.74. The molecule has 102 valence electrons. The van der Waals surface area contributed by atoms with Crippen LogP contribution in [0.3, 0.4) is 0 Å². The smallest absolute Gasteiger partial charge is 0.491 e. The number of aliphatic hydroxyl groups is 1. The Kier molecular flexibility index (Phi) is 4.50. The summed E-state index contributed by atoms with van der Waals surface area (Å²) in [6.45, 7) is 3.14. The molecule has 0 radical (unpaired) electrons. The normalized spacial score (nSPS) is 12.4. The molecule has 0 bridgehead atoms. The number of hydrogen-bond acceptors (Lipinski definition) is 3. The van der Waals surface area contributed by atoms with Crippen LogP contribution < -0.4 is 9.47 Å². The van der Waals surface area contributed by atoms with Crippen molar-refractivity contribution in [1.29, 1.82) is 0 Å². The standard InChI is InChI=1S/C11H12BrF3O3/c1-10(2,16)6-17-7-3-4-9(8(12)5-7)18-11(13,14)15/h3-5,16H,6H2,1-2H3. The van der Waals surface area contributed by atoms with Crippen molar-refractivity contribution in [3.63, 3.8) is 0 Å². The van der Waals surface area contributed by atoms with Gasteiger partial charge in [-0.1, -0.05) is 0 Å². The van der Waals surface area contributed by atoms with Crippen molar-refractivity contribution in [2.24, 2.45) is 0 Å². The van der Waals surface area contributed by atoms with Crippen LogP contribution in [0.4, 0.5) is 13.2 Å². The molecule has 0 saturated carbocycles. The minimum Gasteiger partial charge on any atom is -0.491 e. The quantitative estimate of drug-likeness (QED) is 0.919. The molecule has 0 atom stereocenters. The van der Waals surface area contributed by atoms with E-state index in [-0.39, 0.29) is 16.8 Å². The molecule has 0 aliphatic carbocycles. The Bertz CT molecular complexity index is 413. The lowest BCUT2D eigenvalue weighted by molar-refractivity contribution is -0.274. The summed E-state index contributed by atoms with van der Waals surface area (Å²) in [6, 6.07) is 3.81. The Labute approximate surface area is 111 Å². The fraction of sp³-hybridized carbons (Fsp3) is 0.455. The second-order valence-electron chi connectivity index (χ2n) is 4.24. The van der Waals surface area contributed by atoms with Crippen LogP contribution in [0.25, 0.3) is 0 Å². The molecular weight excluding hydrogens is 317 g/mol. The lowest BCUT2D eigenvalue weighted by Crippen LogP contribution is -2.27. The molecule has 0 aliphatic heterocycles. The first-order valence-electron chi connectivity index (χ1n) is 4.97. The zero-order valence-electron chi connectivity index (χ0n) is 9.71. The van der Waals surface area contributed by atoms with Gasteiger partial charge in [-0.2, -0.15) is 0 Å². The molecule has 0 saturated heterocycles. The zero-order valence-corrected chi connectivity index (χ0v) is 11.3. The van der Waals surface area contributed by atoms with Gasteiger partial charge in [-0.3, -0.25) is 0 Å². The van der Waals surface area contributed by atoms with Crippen LogP contribution in [0.2, 0.25) is 0 Å². The molecule has 0 unspecified atom stereocenters. The predicted molar refractivity (Wildman–Crippen MR) is 62.6 cm³/mol. The minimum atomic E-state index is -4.74. The van der Waals surface area contributed by atoms with Gasteiger partial charge in [-0.25, -0.2) is 0 Å². The topological polar surface area (TPSA) is 38.7 Å². The van der Waals surface area contributed by atoms with Gasteiger partial charge >= 0.3 is 6.36 Å². The largest absolute Gasteiger partial charge is 0.573 e. The number of rotatable bonds is 4. The van der Waals surface area contributed by atoms with Crippen molar-refractivity contribution in [1.82, 2.24) is 0 Å². The van der Waals surface area contributed by atoms with Crippen LogP contribution in [-0.4, -0.2) is 23.7 Å². The molecule has 0 fully saturated rings. The van der Waals surface area contributed by atoms with Gasteiger partial charge in [0.05, 0.1) is 10.1 Å². The summed E-state index contributed by atoms with van der Waals surface area (Å²) >= 11 is 2.95. The molecule has 0 aliphatic rings. The summed E-state index contributed by atoms with van der Waals surface area (Å²) in [6.07, 6.45) is -4.74. The van der Waals surface area contributed by atoms with Crippen molar-refractivity contribution in [2.75, 3.05) is 6.61 Å². The molecule has 1 N–H and O–H groups in total. The molecule has 0 heterocycles. The van der Waals surface area contributed by atoms with E-state index >= 15 is 0 Å². The average molecular weight is 329 g/mol. The average Bonchev–Trinajstić information content (AvgIpc) is 2.15. The minimum absolute atomic E-state index is 0.0267. The molecule has 18 heavy (non-hydrogen) atoms. The molecule has 1 aromatic rings. The van der Waals surface area contributed by atoms with Crippen molar-refractivity contribution in [2.45, 2.75) is 25.8 Å². The molecule has 0 amide bonds. The van der Waals surface area contributed by atoms with Crippen molar-refractivity contribution in [3.05, 3.63) is 22.7 Å². The maximum absolute atomic E-state index is 12.0. The van der Waals surface area contributed by atoms with Gasteiger partial charge in [0, 0.05) is 0 Å². The van der Waals surface area contributed by atoms with Crippen LogP contribution >= 0.6 is 15.9 Å². The predicted octanol–water partition coefficient (Wildman–Crippen LogP) is 3.50. The van der Waals surface area contributed by atoms with E-state index in [9.17, 15) is 18.3 Å². The van der Waals surface area contributed by atoms with E-state index in [0.29, 0.717) is 5.75 Å². The number of ether oxygens (including phenoxy) is 2. The Morgan fingerprint density at radius 1 is 1.28 bits per heavy atom. The molecule has 1 aromatic carbocycles. The first-order chi connectivity index (χ1) is 8.07. The molecule has 1 rings (SSSR count). The van der Waals surface area contributed by atoms with Crippen LogP contribution in [0, 0.1) is 0 Å². The highest BCUT2D eigenvalue weighted by Gasteiger charge is 2.32. The Morgan fingerprint density at radius 2 is 1.89 bits per heavy atom. The monoisotopic (exact) mass is 328 g/mol. The lowest BCUT2D eigenvalue weighted by atomic mass is 10.2. The summed E-state index contributed by atoms with van der Waals surface area (Å²) in [5.41, 5.74) is -1.02. The fourth-order valence-corrected chi connectivity index (χ4v) is 1.48. The van der Waals surface area contributed by atoms with Gasteiger partial charge in [0.15, 0.2) is 0 Å². The first-order valence-corrected chi connectivity index (χ1v) is 5.77. The maximum Gasteiger partial charge on any atom is 0.573 e. The van der Waals surface area contributed by atoms with Crippen LogP contribution in [0.15, 0.2) is 22.7 Å². The lowest BCUT2D eigenvalue weighted by Gasteiger charge is -2.18. The summed E-state index contributed by atoms with van der Waals surface area (Å²) < 4.78 is 45.2. The SMILES string of the molecule is CC(C)(O)COc1ccc(OC(F)(F)F)c(Br)c1. The van der Waals surface area contributed by atoms with Crippen LogP contribution in [0.1, 0.15) is 13.8 Å². The highest BCUT2D eigenvalue weighted by atomic mass is 79.9. The maximum atomic E-state index is 12.0. The number of halogens is 4. The Hall–Kier alpha value is -0.950. The Morgan fingerprint density at radius 3 is 2.33 bits per heavy atom. The number of hydrogen-bond donors (Lipinski definition) is 1. The summed E-state index contributed by atoms with van der Waals surface area (Å²) in [5.74, 6) is -0.0170. The van der Waals surface area contributed by atoms with Crippen molar-refractivity contribution >= 4 is 15.9 Å². The zero-order chi connectivity index (χ0) is 14.0. The molecule has 3 nitrogen and oxygen atoms in total. The second-order valence-corrected chi connectivity index (χ2v) is 5.10. The first kappa shape index (κ1) is 15.1. The molecule has 7 heteroatoms. The number of alkyl halides is 3. The number of benzene rings is 1. The van der Waals surface area contributed by atoms with E-state index in [1.807, 2.05) is 0 Å². The van der Waals surface area contributed by atoms with Gasteiger partial charge in [0.25, 0.3) is 0 Å². The highest BCUT2D eigenvalue weighted by molar-refractivity contribution is 9.10. The summed E-state index contributed by atoms with van der Waals surface area (Å²) in [4.78, 5) is 0. The van der Waals surface area contributed by atoms with Crippen LogP contribution in [-0.2, 0) is 0 Å². The van der Waals surface area contributed by atoms with E-state index in [1.165, 1.54) is 12.1 Å². The third-order valence-electron chi connectivity index (χ3n) is 1.72. The van der Waals surface area contributed by atoms with E-state index in [0.717, 1.165) is 6.07 Å². The van der Waals surface area contributed by atoms with E-state index in [2.05, 4.69) is 20.7 Å². The molecule has 0 spiro atoms. The third kappa shape index (κ3) is 5.59. The van der Waals surface area contributed by atoms with Gasteiger partial charge in [-0.05, 0) is 48.0 Å². The van der Waals surface area contributed by atoms with Gasteiger partial charge in [0.2, 0.25) is 0 Å². The van der Waals surface area contributed by atoms with Gasteiger partial charge < -0.3 is 14.6 Å². The third-order valence-corrected chi connectivity index (χ3v) is 2.34. The molecule has 0 aromatic heterocycles. The highest BCUT2D eigenvalue weighted by Crippen LogP contribution is 2.33. The fourth-order valence-electron chi connectivity index (χ4n) is 1.04. The van der Waals surface area contributed by atoms with E-state index < -0.39 is 12.0 Å². The van der Waals surface area contributed by atoms with Crippen molar-refractivity contribution in [3.8, 4) is 11.5 Å². The van der Waals surface area contributed by atoms with E-state index in [1.54, 1.807) is 13.8 Å². The van der Waals surface area contributed by atoms with Gasteiger partial charge in [-0.15, -0.1) is 13.2 Å². The second kappa shape index (κ2) is 5.36. The van der Waals surface area contributed by atoms with Gasteiger partial charge in [0.1, 0.15) is 18.1 Å². The van der Waals surface area contributed by atoms with E-state index in [4.69, 9.17) is 4.74 Å². The van der Waals surface area contributed by atoms with Crippen LogP contribution in [0.5, 0.6) is 11.5 Å². The summed E-state index contributed by atoms with van der Waals surface area (Å²) in [5, 5.41) is 9.45. The summed E-state index contributed by atoms with van der Waals surface area (Å²) in [7, 11) is 0.